The third-order valence-corrected chi connectivity index (χ3v) is 5.22. The Bertz CT molecular complexity index is 1180. The van der Waals surface area contributed by atoms with Gasteiger partial charge in [0.1, 0.15) is 10.4 Å². The lowest BCUT2D eigenvalue weighted by Gasteiger charge is -2.13. The quantitative estimate of drug-likeness (QED) is 0.355. The highest BCUT2D eigenvalue weighted by Crippen LogP contribution is 2.32. The van der Waals surface area contributed by atoms with Gasteiger partial charge in [-0.1, -0.05) is 6.08 Å². The lowest BCUT2D eigenvalue weighted by molar-refractivity contribution is 0.355. The van der Waals surface area contributed by atoms with Crippen LogP contribution in [-0.2, 0) is 14.1 Å². The number of nitrogens with zero attached hydrogens (tertiary/aromatic N) is 4. The van der Waals surface area contributed by atoms with E-state index in [1.54, 1.807) is 45.5 Å². The van der Waals surface area contributed by atoms with Crippen molar-refractivity contribution in [2.75, 3.05) is 20.0 Å². The minimum absolute atomic E-state index is 0.277. The number of hydrogen-bond donors (Lipinski definition) is 0. The van der Waals surface area contributed by atoms with Gasteiger partial charge in [0.15, 0.2) is 23.0 Å². The van der Waals surface area contributed by atoms with Crippen molar-refractivity contribution >= 4 is 22.8 Å². The second-order valence-electron chi connectivity index (χ2n) is 5.93. The van der Waals surface area contributed by atoms with Crippen molar-refractivity contribution in [2.24, 2.45) is 14.1 Å². The molecular formula is C19H20N4O4S. The maximum atomic E-state index is 12.7. The molecule has 0 aliphatic carbocycles. The maximum absolute atomic E-state index is 12.7. The monoisotopic (exact) mass is 400 g/mol. The third kappa shape index (κ3) is 3.29. The Kier molecular flexibility index (Phi) is 5.55. The first-order chi connectivity index (χ1) is 13.4. The summed E-state index contributed by atoms with van der Waals surface area (Å²) in [6, 6.07) is 5.30. The van der Waals surface area contributed by atoms with Crippen molar-refractivity contribution in [2.45, 2.75) is 5.03 Å². The second-order valence-corrected chi connectivity index (χ2v) is 6.93. The van der Waals surface area contributed by atoms with Crippen LogP contribution >= 0.6 is 11.8 Å². The predicted molar refractivity (Wildman–Crippen MR) is 109 cm³/mol. The van der Waals surface area contributed by atoms with Crippen LogP contribution in [0.1, 0.15) is 0 Å². The Labute approximate surface area is 165 Å². The summed E-state index contributed by atoms with van der Waals surface area (Å²) >= 11 is 1.36. The minimum Gasteiger partial charge on any atom is -0.493 e. The Hall–Kier alpha value is -3.07. The van der Waals surface area contributed by atoms with Gasteiger partial charge in [-0.25, -0.2) is 14.8 Å². The molecule has 0 N–H and O–H groups in total. The highest BCUT2D eigenvalue weighted by molar-refractivity contribution is 7.99. The van der Waals surface area contributed by atoms with Crippen molar-refractivity contribution in [1.82, 2.24) is 19.1 Å². The summed E-state index contributed by atoms with van der Waals surface area (Å²) in [5.74, 6) is 2.04. The average molecular weight is 400 g/mol. The number of ether oxygens (including phenoxy) is 2. The van der Waals surface area contributed by atoms with Gasteiger partial charge in [0.05, 0.1) is 14.2 Å². The largest absolute Gasteiger partial charge is 0.493 e. The zero-order valence-corrected chi connectivity index (χ0v) is 16.9. The van der Waals surface area contributed by atoms with E-state index in [9.17, 15) is 9.59 Å². The van der Waals surface area contributed by atoms with Crippen molar-refractivity contribution in [3.63, 3.8) is 0 Å². The first-order valence-corrected chi connectivity index (χ1v) is 9.35. The van der Waals surface area contributed by atoms with Gasteiger partial charge in [0.25, 0.3) is 5.56 Å². The van der Waals surface area contributed by atoms with Crippen LogP contribution in [0.4, 0.5) is 0 Å². The number of thioether (sulfide) groups is 1. The fourth-order valence-electron chi connectivity index (χ4n) is 2.78. The van der Waals surface area contributed by atoms with E-state index in [-0.39, 0.29) is 5.65 Å². The van der Waals surface area contributed by atoms with Crippen LogP contribution in [0.25, 0.3) is 22.4 Å². The van der Waals surface area contributed by atoms with Gasteiger partial charge >= 0.3 is 5.69 Å². The van der Waals surface area contributed by atoms with E-state index in [0.29, 0.717) is 39.1 Å². The molecule has 3 rings (SSSR count). The van der Waals surface area contributed by atoms with Crippen LogP contribution in [0.15, 0.2) is 45.5 Å². The number of hydrogen-bond acceptors (Lipinski definition) is 7. The standard InChI is InChI=1S/C19H20N4O4S/c1-6-9-28-17-14-16(22(2)19(25)23(3)18(14)24)20-15(21-17)11-7-8-12(26-4)13(10-11)27-5/h6-8,10H,1,9H2,2-5H3. The number of rotatable bonds is 6. The highest BCUT2D eigenvalue weighted by atomic mass is 32.2. The van der Waals surface area contributed by atoms with E-state index in [0.717, 1.165) is 4.57 Å². The molecule has 0 spiro atoms. The molecule has 1 aromatic carbocycles. The first-order valence-electron chi connectivity index (χ1n) is 8.36. The number of aryl methyl sites for hydroxylation is 1. The molecule has 0 unspecified atom stereocenters. The molecule has 8 nitrogen and oxygen atoms in total. The van der Waals surface area contributed by atoms with Crippen LogP contribution in [0, 0.1) is 0 Å². The Morgan fingerprint density at radius 2 is 1.82 bits per heavy atom. The molecule has 0 radical (unpaired) electrons. The number of methoxy groups -OCH3 is 2. The zero-order valence-electron chi connectivity index (χ0n) is 16.1. The summed E-state index contributed by atoms with van der Waals surface area (Å²) in [6.07, 6.45) is 1.72. The Morgan fingerprint density at radius 3 is 2.46 bits per heavy atom. The lowest BCUT2D eigenvalue weighted by atomic mass is 10.2. The summed E-state index contributed by atoms with van der Waals surface area (Å²) in [5.41, 5.74) is 0.0743. The first kappa shape index (κ1) is 19.7. The van der Waals surface area contributed by atoms with Crippen molar-refractivity contribution in [3.8, 4) is 22.9 Å². The van der Waals surface area contributed by atoms with Gasteiger partial charge in [-0.2, -0.15) is 0 Å². The predicted octanol–water partition coefficient (Wildman–Crippen LogP) is 1.99. The molecule has 2 aromatic heterocycles. The van der Waals surface area contributed by atoms with Crippen LogP contribution < -0.4 is 20.7 Å². The maximum Gasteiger partial charge on any atom is 0.332 e. The Morgan fingerprint density at radius 1 is 1.11 bits per heavy atom. The van der Waals surface area contributed by atoms with Gasteiger partial charge < -0.3 is 9.47 Å². The normalized spacial score (nSPS) is 10.9. The molecule has 0 fully saturated rings. The van der Waals surface area contributed by atoms with Gasteiger partial charge in [-0.15, -0.1) is 18.3 Å². The van der Waals surface area contributed by atoms with E-state index in [1.807, 2.05) is 0 Å². The molecular weight excluding hydrogens is 380 g/mol. The van der Waals surface area contributed by atoms with E-state index >= 15 is 0 Å². The van der Waals surface area contributed by atoms with Gasteiger partial charge in [0, 0.05) is 25.4 Å². The van der Waals surface area contributed by atoms with Crippen molar-refractivity contribution < 1.29 is 9.47 Å². The van der Waals surface area contributed by atoms with E-state index < -0.39 is 11.2 Å². The van der Waals surface area contributed by atoms with Gasteiger partial charge in [-0.3, -0.25) is 13.9 Å². The van der Waals surface area contributed by atoms with E-state index in [4.69, 9.17) is 9.47 Å². The molecule has 0 saturated heterocycles. The fourth-order valence-corrected chi connectivity index (χ4v) is 3.53. The molecule has 0 aliphatic rings. The highest BCUT2D eigenvalue weighted by Gasteiger charge is 2.18. The number of fused-ring (bicyclic) bond motifs is 1. The Balaban J connectivity index is 2.35. The number of benzene rings is 1. The minimum atomic E-state index is -0.450. The smallest absolute Gasteiger partial charge is 0.332 e. The van der Waals surface area contributed by atoms with Crippen LogP contribution in [-0.4, -0.2) is 39.1 Å². The molecule has 0 atom stereocenters. The molecule has 2 heterocycles. The van der Waals surface area contributed by atoms with Crippen LogP contribution in [0.2, 0.25) is 0 Å². The van der Waals surface area contributed by atoms with E-state index in [2.05, 4.69) is 16.5 Å². The second kappa shape index (κ2) is 7.89. The van der Waals surface area contributed by atoms with Crippen LogP contribution in [0.5, 0.6) is 11.5 Å². The molecule has 3 aromatic rings. The lowest BCUT2D eigenvalue weighted by Crippen LogP contribution is -2.37. The van der Waals surface area contributed by atoms with Crippen molar-refractivity contribution in [1.29, 1.82) is 0 Å². The SMILES string of the molecule is C=CCSc1nc(-c2ccc(OC)c(OC)c2)nc2c1c(=O)n(C)c(=O)n2C. The zero-order chi connectivity index (χ0) is 20.4. The van der Waals surface area contributed by atoms with Gasteiger partial charge in [-0.05, 0) is 18.2 Å². The fraction of sp³-hybridized carbons (Fsp3) is 0.263. The van der Waals surface area contributed by atoms with Crippen LogP contribution in [0.3, 0.4) is 0 Å². The molecule has 28 heavy (non-hydrogen) atoms. The molecule has 146 valence electrons. The topological polar surface area (TPSA) is 88.2 Å². The van der Waals surface area contributed by atoms with E-state index in [1.165, 1.54) is 23.4 Å². The van der Waals surface area contributed by atoms with Crippen molar-refractivity contribution in [3.05, 3.63) is 51.7 Å². The summed E-state index contributed by atoms with van der Waals surface area (Å²) in [5, 5.41) is 0.798. The average Bonchev–Trinajstić information content (AvgIpc) is 2.73. The number of aromatic nitrogens is 4. The van der Waals surface area contributed by atoms with Gasteiger partial charge in [0.2, 0.25) is 0 Å². The third-order valence-electron chi connectivity index (χ3n) is 4.25. The summed E-state index contributed by atoms with van der Waals surface area (Å²) in [6.45, 7) is 3.72. The molecule has 0 bridgehead atoms. The molecule has 0 aliphatic heterocycles. The molecule has 9 heteroatoms. The summed E-state index contributed by atoms with van der Waals surface area (Å²) in [7, 11) is 6.12. The molecule has 0 amide bonds. The summed E-state index contributed by atoms with van der Waals surface area (Å²) in [4.78, 5) is 34.2. The summed E-state index contributed by atoms with van der Waals surface area (Å²) < 4.78 is 13.0. The molecule has 0 saturated carbocycles.